The average Bonchev–Trinajstić information content (AvgIpc) is 2.49. The summed E-state index contributed by atoms with van der Waals surface area (Å²) in [5.74, 6) is 0.936. The number of amides is 1. The average molecular weight is 306 g/mol. The molecule has 0 saturated carbocycles. The Hall–Kier alpha value is -1.59. The molecule has 122 valence electrons. The summed E-state index contributed by atoms with van der Waals surface area (Å²) in [6.45, 7) is 5.06. The monoisotopic (exact) mass is 306 g/mol. The first-order valence-electron chi connectivity index (χ1n) is 7.94. The summed E-state index contributed by atoms with van der Waals surface area (Å²) < 4.78 is 5.41. The fourth-order valence-electron chi connectivity index (χ4n) is 2.71. The maximum Gasteiger partial charge on any atom is 0.236 e. The lowest BCUT2D eigenvalue weighted by Crippen LogP contribution is -2.44. The van der Waals surface area contributed by atoms with Crippen molar-refractivity contribution in [2.24, 2.45) is 0 Å². The van der Waals surface area contributed by atoms with Gasteiger partial charge in [0, 0.05) is 20.1 Å². The molecule has 1 aliphatic rings. The Labute approximate surface area is 132 Å². The number of carbonyl (C=O) groups is 1. The minimum absolute atomic E-state index is 0.0861. The highest BCUT2D eigenvalue weighted by Crippen LogP contribution is 2.14. The summed E-state index contributed by atoms with van der Waals surface area (Å²) in [7, 11) is 1.82. The van der Waals surface area contributed by atoms with Crippen LogP contribution in [0.25, 0.3) is 0 Å². The number of nitrogens with zero attached hydrogens (tertiary/aromatic N) is 2. The highest BCUT2D eigenvalue weighted by molar-refractivity contribution is 5.78. The molecular formula is C17H26N2O3. The van der Waals surface area contributed by atoms with Gasteiger partial charge in [-0.2, -0.15) is 0 Å². The van der Waals surface area contributed by atoms with Crippen LogP contribution in [-0.2, 0) is 11.3 Å². The third-order valence-corrected chi connectivity index (χ3v) is 3.92. The van der Waals surface area contributed by atoms with Crippen LogP contribution in [0.4, 0.5) is 0 Å². The zero-order valence-electron chi connectivity index (χ0n) is 13.5. The van der Waals surface area contributed by atoms with Gasteiger partial charge in [-0.25, -0.2) is 0 Å². The third-order valence-electron chi connectivity index (χ3n) is 3.92. The quantitative estimate of drug-likeness (QED) is 0.865. The van der Waals surface area contributed by atoms with Crippen molar-refractivity contribution in [3.63, 3.8) is 0 Å². The summed E-state index contributed by atoms with van der Waals surface area (Å²) in [5.41, 5.74) is 1.08. The van der Waals surface area contributed by atoms with E-state index >= 15 is 0 Å². The van der Waals surface area contributed by atoms with Gasteiger partial charge in [-0.05, 0) is 44.0 Å². The van der Waals surface area contributed by atoms with Crippen LogP contribution < -0.4 is 4.74 Å². The molecule has 1 atom stereocenters. The van der Waals surface area contributed by atoms with Crippen molar-refractivity contribution in [2.75, 3.05) is 33.3 Å². The standard InChI is InChI=1S/C17H26N2O3/c1-3-22-16-8-6-14(7-9-16)11-18(2)17(21)13-19-10-4-5-15(20)12-19/h6-9,15,20H,3-5,10-13H2,1-2H3. The van der Waals surface area contributed by atoms with E-state index in [1.54, 1.807) is 4.90 Å². The predicted molar refractivity (Wildman–Crippen MR) is 85.8 cm³/mol. The van der Waals surface area contributed by atoms with Crippen molar-refractivity contribution in [1.29, 1.82) is 0 Å². The molecule has 5 nitrogen and oxygen atoms in total. The SMILES string of the molecule is CCOc1ccc(CN(C)C(=O)CN2CCCC(O)C2)cc1. The van der Waals surface area contributed by atoms with E-state index in [0.717, 1.165) is 30.7 Å². The van der Waals surface area contributed by atoms with Gasteiger partial charge in [0.1, 0.15) is 5.75 Å². The maximum atomic E-state index is 12.3. The molecular weight excluding hydrogens is 280 g/mol. The number of hydrogen-bond donors (Lipinski definition) is 1. The van der Waals surface area contributed by atoms with Gasteiger partial charge in [-0.3, -0.25) is 9.69 Å². The number of likely N-dealkylation sites (N-methyl/N-ethyl adjacent to an activating group) is 1. The molecule has 0 aromatic heterocycles. The minimum Gasteiger partial charge on any atom is -0.494 e. The molecule has 0 radical (unpaired) electrons. The molecule has 1 aromatic rings. The van der Waals surface area contributed by atoms with Crippen LogP contribution in [0.15, 0.2) is 24.3 Å². The van der Waals surface area contributed by atoms with Crippen molar-refractivity contribution in [2.45, 2.75) is 32.4 Å². The summed E-state index contributed by atoms with van der Waals surface area (Å²) in [6.07, 6.45) is 1.50. The van der Waals surface area contributed by atoms with E-state index in [4.69, 9.17) is 4.74 Å². The van der Waals surface area contributed by atoms with E-state index in [2.05, 4.69) is 0 Å². The number of aliphatic hydroxyl groups is 1. The first-order chi connectivity index (χ1) is 10.6. The predicted octanol–water partition coefficient (Wildman–Crippen LogP) is 1.50. The Bertz CT molecular complexity index is 475. The van der Waals surface area contributed by atoms with Crippen molar-refractivity contribution >= 4 is 5.91 Å². The Kier molecular flexibility index (Phi) is 6.21. The third kappa shape index (κ3) is 5.00. The number of carbonyl (C=O) groups excluding carboxylic acids is 1. The summed E-state index contributed by atoms with van der Waals surface area (Å²) >= 11 is 0. The fourth-order valence-corrected chi connectivity index (χ4v) is 2.71. The molecule has 1 fully saturated rings. The lowest BCUT2D eigenvalue weighted by Gasteiger charge is -2.30. The number of rotatable bonds is 6. The second kappa shape index (κ2) is 8.15. The lowest BCUT2D eigenvalue weighted by atomic mass is 10.1. The van der Waals surface area contributed by atoms with E-state index < -0.39 is 0 Å². The van der Waals surface area contributed by atoms with Crippen LogP contribution in [0.2, 0.25) is 0 Å². The molecule has 22 heavy (non-hydrogen) atoms. The van der Waals surface area contributed by atoms with Gasteiger partial charge in [0.25, 0.3) is 0 Å². The van der Waals surface area contributed by atoms with E-state index in [1.807, 2.05) is 43.1 Å². The van der Waals surface area contributed by atoms with Crippen LogP contribution in [0.5, 0.6) is 5.75 Å². The van der Waals surface area contributed by atoms with E-state index in [9.17, 15) is 9.90 Å². The van der Waals surface area contributed by atoms with Gasteiger partial charge in [-0.1, -0.05) is 12.1 Å². The number of hydrogen-bond acceptors (Lipinski definition) is 4. The second-order valence-corrected chi connectivity index (χ2v) is 5.86. The Balaban J connectivity index is 1.82. The largest absolute Gasteiger partial charge is 0.494 e. The number of aliphatic hydroxyl groups excluding tert-OH is 1. The van der Waals surface area contributed by atoms with Crippen LogP contribution in [0, 0.1) is 0 Å². The molecule has 2 rings (SSSR count). The smallest absolute Gasteiger partial charge is 0.236 e. The summed E-state index contributed by atoms with van der Waals surface area (Å²) in [6, 6.07) is 7.83. The summed E-state index contributed by atoms with van der Waals surface area (Å²) in [5, 5.41) is 9.66. The number of benzene rings is 1. The first-order valence-corrected chi connectivity index (χ1v) is 7.94. The first kappa shape index (κ1) is 16.8. The normalized spacial score (nSPS) is 19.0. The molecule has 1 N–H and O–H groups in total. The fraction of sp³-hybridized carbons (Fsp3) is 0.588. The second-order valence-electron chi connectivity index (χ2n) is 5.86. The molecule has 1 aromatic carbocycles. The van der Waals surface area contributed by atoms with Gasteiger partial charge < -0.3 is 14.7 Å². The van der Waals surface area contributed by atoms with E-state index in [0.29, 0.717) is 26.2 Å². The minimum atomic E-state index is -0.294. The van der Waals surface area contributed by atoms with Gasteiger partial charge in [0.05, 0.1) is 19.3 Å². The van der Waals surface area contributed by atoms with Gasteiger partial charge >= 0.3 is 0 Å². The molecule has 1 unspecified atom stereocenters. The molecule has 1 heterocycles. The van der Waals surface area contributed by atoms with Gasteiger partial charge in [0.15, 0.2) is 0 Å². The number of β-amino-alcohol motifs (C(OH)–C–C–N with tert-alkyl or cyclic N) is 1. The summed E-state index contributed by atoms with van der Waals surface area (Å²) in [4.78, 5) is 16.0. The van der Waals surface area contributed by atoms with E-state index in [1.165, 1.54) is 0 Å². The highest BCUT2D eigenvalue weighted by atomic mass is 16.5. The van der Waals surface area contributed by atoms with Crippen LogP contribution in [0.3, 0.4) is 0 Å². The molecule has 1 saturated heterocycles. The number of piperidine rings is 1. The Morgan fingerprint density at radius 2 is 2.14 bits per heavy atom. The van der Waals surface area contributed by atoms with Gasteiger partial charge in [-0.15, -0.1) is 0 Å². The lowest BCUT2D eigenvalue weighted by molar-refractivity contribution is -0.132. The van der Waals surface area contributed by atoms with Crippen LogP contribution >= 0.6 is 0 Å². The zero-order valence-corrected chi connectivity index (χ0v) is 13.5. The maximum absolute atomic E-state index is 12.3. The highest BCUT2D eigenvalue weighted by Gasteiger charge is 2.21. The zero-order chi connectivity index (χ0) is 15.9. The Morgan fingerprint density at radius 3 is 2.77 bits per heavy atom. The Morgan fingerprint density at radius 1 is 1.41 bits per heavy atom. The van der Waals surface area contributed by atoms with Crippen LogP contribution in [-0.4, -0.2) is 60.2 Å². The van der Waals surface area contributed by atoms with Crippen molar-refractivity contribution in [1.82, 2.24) is 9.80 Å². The van der Waals surface area contributed by atoms with Crippen molar-refractivity contribution < 1.29 is 14.6 Å². The number of likely N-dealkylation sites (tertiary alicyclic amines) is 1. The van der Waals surface area contributed by atoms with Crippen molar-refractivity contribution in [3.8, 4) is 5.75 Å². The molecule has 0 spiro atoms. The van der Waals surface area contributed by atoms with Crippen molar-refractivity contribution in [3.05, 3.63) is 29.8 Å². The van der Waals surface area contributed by atoms with Gasteiger partial charge in [0.2, 0.25) is 5.91 Å². The molecule has 0 bridgehead atoms. The molecule has 0 aliphatic carbocycles. The van der Waals surface area contributed by atoms with E-state index in [-0.39, 0.29) is 12.0 Å². The topological polar surface area (TPSA) is 53.0 Å². The number of ether oxygens (including phenoxy) is 1. The molecule has 1 amide bonds. The molecule has 1 aliphatic heterocycles. The van der Waals surface area contributed by atoms with Crippen LogP contribution in [0.1, 0.15) is 25.3 Å². The molecule has 5 heteroatoms.